The Morgan fingerprint density at radius 1 is 1.00 bits per heavy atom. The summed E-state index contributed by atoms with van der Waals surface area (Å²) in [6.45, 7) is 2.47. The van der Waals surface area contributed by atoms with Crippen molar-refractivity contribution in [3.05, 3.63) is 48.0 Å². The summed E-state index contributed by atoms with van der Waals surface area (Å²) in [4.78, 5) is 18.0. The molecule has 0 unspecified atom stereocenters. The number of benzene rings is 2. The fourth-order valence-corrected chi connectivity index (χ4v) is 2.58. The van der Waals surface area contributed by atoms with Crippen LogP contribution < -0.4 is 9.47 Å². The molecule has 0 saturated heterocycles. The highest BCUT2D eigenvalue weighted by Gasteiger charge is 2.17. The molecule has 0 spiro atoms. The van der Waals surface area contributed by atoms with Crippen LogP contribution in [0.3, 0.4) is 0 Å². The van der Waals surface area contributed by atoms with Crippen LogP contribution >= 0.6 is 7.60 Å². The molecule has 0 fully saturated rings. The third kappa shape index (κ3) is 4.77. The van der Waals surface area contributed by atoms with Crippen LogP contribution in [0.15, 0.2) is 42.5 Å². The van der Waals surface area contributed by atoms with E-state index < -0.39 is 13.8 Å². The molecule has 6 nitrogen and oxygen atoms in total. The molecule has 0 saturated carbocycles. The molecule has 3 N–H and O–H groups in total. The van der Waals surface area contributed by atoms with E-state index in [1.54, 1.807) is 24.3 Å². The summed E-state index contributed by atoms with van der Waals surface area (Å²) in [5.74, 6) is 1.48. The predicted octanol–water partition coefficient (Wildman–Crippen LogP) is 3.26. The Morgan fingerprint density at radius 2 is 1.59 bits per heavy atom. The maximum Gasteiger partial charge on any atom is 0.330 e. The van der Waals surface area contributed by atoms with Crippen LogP contribution in [-0.2, 0) is 10.7 Å². The topological polar surface area (TPSA) is 96.2 Å². The van der Waals surface area contributed by atoms with Gasteiger partial charge in [-0.05, 0) is 49.4 Å². The number of hydrogen-bond acceptors (Lipinski definition) is 4. The van der Waals surface area contributed by atoms with E-state index in [1.165, 1.54) is 18.2 Å². The number of ether oxygens (including phenoxy) is 2. The molecule has 0 aliphatic carbocycles. The van der Waals surface area contributed by atoms with Crippen LogP contribution in [0.2, 0.25) is 0 Å². The molecule has 0 aromatic heterocycles. The van der Waals surface area contributed by atoms with Gasteiger partial charge in [0.1, 0.15) is 23.0 Å². The number of phenols is 1. The van der Waals surface area contributed by atoms with Crippen molar-refractivity contribution in [2.24, 2.45) is 0 Å². The standard InChI is InChI=1S/C15H17O6P/c1-2-20-12-3-5-13(6-4-12)21-14-7-8-15(16)11(9-14)10-22(17,18)19/h3-9,16H,2,10H2,1H3,(H2,17,18,19). The summed E-state index contributed by atoms with van der Waals surface area (Å²) in [6, 6.07) is 11.2. The van der Waals surface area contributed by atoms with Gasteiger partial charge in [0.05, 0.1) is 12.8 Å². The average Bonchev–Trinajstić information content (AvgIpc) is 2.43. The van der Waals surface area contributed by atoms with Gasteiger partial charge in [-0.1, -0.05) is 0 Å². The fourth-order valence-electron chi connectivity index (χ4n) is 1.88. The van der Waals surface area contributed by atoms with Gasteiger partial charge in [-0.2, -0.15) is 0 Å². The quantitative estimate of drug-likeness (QED) is 0.706. The van der Waals surface area contributed by atoms with E-state index >= 15 is 0 Å². The molecule has 0 amide bonds. The molecule has 0 atom stereocenters. The SMILES string of the molecule is CCOc1ccc(Oc2ccc(O)c(CP(=O)(O)O)c2)cc1. The first-order valence-corrected chi connectivity index (χ1v) is 8.44. The monoisotopic (exact) mass is 324 g/mol. The summed E-state index contributed by atoms with van der Waals surface area (Å²) in [5, 5.41) is 9.64. The lowest BCUT2D eigenvalue weighted by Gasteiger charge is -2.11. The minimum atomic E-state index is -4.26. The minimum Gasteiger partial charge on any atom is -0.508 e. The number of rotatable bonds is 6. The van der Waals surface area contributed by atoms with Crippen molar-refractivity contribution >= 4 is 7.60 Å². The Kier molecular flexibility index (Phi) is 5.08. The summed E-state index contributed by atoms with van der Waals surface area (Å²) in [5.41, 5.74) is 0.136. The lowest BCUT2D eigenvalue weighted by atomic mass is 10.2. The van der Waals surface area contributed by atoms with Crippen molar-refractivity contribution in [3.63, 3.8) is 0 Å². The molecule has 22 heavy (non-hydrogen) atoms. The molecular formula is C15H17O6P. The van der Waals surface area contributed by atoms with E-state index in [0.29, 0.717) is 18.1 Å². The summed E-state index contributed by atoms with van der Waals surface area (Å²) in [7, 11) is -4.26. The maximum absolute atomic E-state index is 11.1. The van der Waals surface area contributed by atoms with Crippen LogP contribution in [-0.4, -0.2) is 21.5 Å². The van der Waals surface area contributed by atoms with Gasteiger partial charge in [0.2, 0.25) is 0 Å². The molecular weight excluding hydrogens is 307 g/mol. The van der Waals surface area contributed by atoms with Crippen LogP contribution in [0.4, 0.5) is 0 Å². The fraction of sp³-hybridized carbons (Fsp3) is 0.200. The molecule has 2 rings (SSSR count). The van der Waals surface area contributed by atoms with Gasteiger partial charge in [0, 0.05) is 5.56 Å². The zero-order valence-corrected chi connectivity index (χ0v) is 12.9. The number of hydrogen-bond donors (Lipinski definition) is 3. The Labute approximate surface area is 128 Å². The van der Waals surface area contributed by atoms with E-state index in [1.807, 2.05) is 6.92 Å². The first kappa shape index (κ1) is 16.4. The van der Waals surface area contributed by atoms with Crippen molar-refractivity contribution in [1.29, 1.82) is 0 Å². The number of aromatic hydroxyl groups is 1. The van der Waals surface area contributed by atoms with Gasteiger partial charge >= 0.3 is 7.60 Å². The first-order chi connectivity index (χ1) is 10.4. The van der Waals surface area contributed by atoms with Crippen molar-refractivity contribution in [3.8, 4) is 23.0 Å². The lowest BCUT2D eigenvalue weighted by Crippen LogP contribution is -1.92. The summed E-state index contributed by atoms with van der Waals surface area (Å²) >= 11 is 0. The first-order valence-electron chi connectivity index (χ1n) is 6.64. The lowest BCUT2D eigenvalue weighted by molar-refractivity contribution is 0.339. The maximum atomic E-state index is 11.1. The van der Waals surface area contributed by atoms with Crippen molar-refractivity contribution in [2.45, 2.75) is 13.1 Å². The molecule has 7 heteroatoms. The van der Waals surface area contributed by atoms with Crippen LogP contribution in [0.25, 0.3) is 0 Å². The zero-order chi connectivity index (χ0) is 16.2. The molecule has 2 aromatic carbocycles. The van der Waals surface area contributed by atoms with Gasteiger partial charge in [-0.15, -0.1) is 0 Å². The summed E-state index contributed by atoms with van der Waals surface area (Å²) < 4.78 is 22.0. The molecule has 0 radical (unpaired) electrons. The largest absolute Gasteiger partial charge is 0.508 e. The minimum absolute atomic E-state index is 0.136. The van der Waals surface area contributed by atoms with Gasteiger partial charge < -0.3 is 24.4 Å². The molecule has 2 aromatic rings. The van der Waals surface area contributed by atoms with Crippen molar-refractivity contribution < 1.29 is 28.9 Å². The Morgan fingerprint density at radius 3 is 2.18 bits per heavy atom. The highest BCUT2D eigenvalue weighted by atomic mass is 31.2. The molecule has 0 heterocycles. The Balaban J connectivity index is 2.15. The third-order valence-electron chi connectivity index (χ3n) is 2.80. The van der Waals surface area contributed by atoms with E-state index in [0.717, 1.165) is 5.75 Å². The smallest absolute Gasteiger partial charge is 0.330 e. The third-order valence-corrected chi connectivity index (χ3v) is 3.55. The van der Waals surface area contributed by atoms with Gasteiger partial charge in [-0.25, -0.2) is 0 Å². The predicted molar refractivity (Wildman–Crippen MR) is 81.5 cm³/mol. The van der Waals surface area contributed by atoms with Gasteiger partial charge in [0.25, 0.3) is 0 Å². The van der Waals surface area contributed by atoms with Gasteiger partial charge in [-0.3, -0.25) is 4.57 Å². The Hall–Kier alpha value is -2.01. The second-order valence-corrected chi connectivity index (χ2v) is 6.27. The van der Waals surface area contributed by atoms with Crippen molar-refractivity contribution in [1.82, 2.24) is 0 Å². The molecule has 118 valence electrons. The average molecular weight is 324 g/mol. The molecule has 0 aliphatic heterocycles. The van der Waals surface area contributed by atoms with Crippen molar-refractivity contribution in [2.75, 3.05) is 6.61 Å². The van der Waals surface area contributed by atoms with E-state index in [2.05, 4.69) is 0 Å². The molecule has 0 bridgehead atoms. The van der Waals surface area contributed by atoms with Crippen LogP contribution in [0.1, 0.15) is 12.5 Å². The zero-order valence-electron chi connectivity index (χ0n) is 12.0. The second kappa shape index (κ2) is 6.83. The van der Waals surface area contributed by atoms with E-state index in [4.69, 9.17) is 19.3 Å². The van der Waals surface area contributed by atoms with Crippen LogP contribution in [0.5, 0.6) is 23.0 Å². The number of phenolic OH excluding ortho intramolecular Hbond substituents is 1. The highest BCUT2D eigenvalue weighted by molar-refractivity contribution is 7.50. The second-order valence-electron chi connectivity index (χ2n) is 4.62. The van der Waals surface area contributed by atoms with E-state index in [9.17, 15) is 9.67 Å². The summed E-state index contributed by atoms with van der Waals surface area (Å²) in [6.07, 6.45) is -0.542. The van der Waals surface area contributed by atoms with E-state index in [-0.39, 0.29) is 11.3 Å². The van der Waals surface area contributed by atoms with Gasteiger partial charge in [0.15, 0.2) is 0 Å². The molecule has 0 aliphatic rings. The van der Waals surface area contributed by atoms with Crippen LogP contribution in [0, 0.1) is 0 Å². The highest BCUT2D eigenvalue weighted by Crippen LogP contribution is 2.42. The normalized spacial score (nSPS) is 11.2. The Bertz CT molecular complexity index is 677.